The van der Waals surface area contributed by atoms with Crippen LogP contribution in [-0.4, -0.2) is 49.2 Å². The molecule has 3 aromatic rings. The van der Waals surface area contributed by atoms with E-state index in [-0.39, 0.29) is 5.88 Å². The molecule has 8 heteroatoms. The molecule has 1 saturated heterocycles. The summed E-state index contributed by atoms with van der Waals surface area (Å²) in [4.78, 5) is 24.8. The number of nitrogens with zero attached hydrogens (tertiary/aromatic N) is 4. The molecule has 1 aromatic heterocycles. The number of nitrogens with two attached hydrogens (primary N) is 1. The number of hydrogen-bond donors (Lipinski definition) is 1. The lowest BCUT2D eigenvalue weighted by molar-refractivity contribution is 0.0600. The van der Waals surface area contributed by atoms with Gasteiger partial charge in [-0.25, -0.2) is 9.78 Å². The minimum atomic E-state index is -0.402. The molecule has 2 N–H and O–H groups in total. The van der Waals surface area contributed by atoms with E-state index in [2.05, 4.69) is 51.8 Å². The highest BCUT2D eigenvalue weighted by molar-refractivity contribution is 5.89. The molecule has 8 nitrogen and oxygen atoms in total. The first-order valence-corrected chi connectivity index (χ1v) is 10.5. The van der Waals surface area contributed by atoms with Gasteiger partial charge in [-0.1, -0.05) is 12.1 Å². The van der Waals surface area contributed by atoms with Gasteiger partial charge in [-0.2, -0.15) is 4.98 Å². The van der Waals surface area contributed by atoms with E-state index >= 15 is 0 Å². The number of hydrogen-bond acceptors (Lipinski definition) is 8. The van der Waals surface area contributed by atoms with Gasteiger partial charge in [0.25, 0.3) is 0 Å². The predicted octanol–water partition coefficient (Wildman–Crippen LogP) is 3.58. The second kappa shape index (κ2) is 9.13. The number of methoxy groups -OCH3 is 1. The average molecular weight is 434 g/mol. The van der Waals surface area contributed by atoms with E-state index in [1.807, 2.05) is 0 Å². The highest BCUT2D eigenvalue weighted by Gasteiger charge is 2.23. The van der Waals surface area contributed by atoms with Gasteiger partial charge < -0.3 is 25.0 Å². The average Bonchev–Trinajstić information content (AvgIpc) is 2.82. The Morgan fingerprint density at radius 3 is 2.34 bits per heavy atom. The number of rotatable bonds is 5. The van der Waals surface area contributed by atoms with Crippen molar-refractivity contribution >= 4 is 23.2 Å². The van der Waals surface area contributed by atoms with Crippen LogP contribution in [0.5, 0.6) is 11.6 Å². The largest absolute Gasteiger partial charge is 0.465 e. The highest BCUT2D eigenvalue weighted by atomic mass is 16.5. The zero-order chi connectivity index (χ0) is 22.7. The second-order valence-corrected chi connectivity index (χ2v) is 7.73. The third-order valence-electron chi connectivity index (χ3n) is 5.81. The third-order valence-corrected chi connectivity index (χ3v) is 5.81. The van der Waals surface area contributed by atoms with E-state index in [9.17, 15) is 4.79 Å². The van der Waals surface area contributed by atoms with Gasteiger partial charge in [-0.05, 0) is 55.3 Å². The number of piperazine rings is 1. The van der Waals surface area contributed by atoms with Crippen LogP contribution in [0.2, 0.25) is 0 Å². The van der Waals surface area contributed by atoms with Crippen molar-refractivity contribution < 1.29 is 14.3 Å². The molecule has 0 atom stereocenters. The standard InChI is InChI=1S/C24H27N5O3/c1-16-5-4-6-20(17(16)2)28-11-13-29(14-12-28)22-21(25)23(27-15-26-22)32-19-9-7-18(8-10-19)24(30)31-3/h4-10,15H,11-14,25H2,1-3H3. The number of aromatic nitrogens is 2. The molecule has 4 rings (SSSR count). The van der Waals surface area contributed by atoms with Crippen LogP contribution >= 0.6 is 0 Å². The van der Waals surface area contributed by atoms with Crippen LogP contribution < -0.4 is 20.3 Å². The van der Waals surface area contributed by atoms with E-state index in [1.54, 1.807) is 24.3 Å². The number of nitrogen functional groups attached to an aromatic ring is 1. The van der Waals surface area contributed by atoms with Gasteiger partial charge in [0.05, 0.1) is 12.7 Å². The zero-order valence-electron chi connectivity index (χ0n) is 18.5. The zero-order valence-corrected chi connectivity index (χ0v) is 18.5. The first-order chi connectivity index (χ1) is 15.5. The van der Waals surface area contributed by atoms with Gasteiger partial charge in [-0.3, -0.25) is 0 Å². The molecular formula is C24H27N5O3. The molecule has 0 amide bonds. The van der Waals surface area contributed by atoms with Gasteiger partial charge >= 0.3 is 5.97 Å². The highest BCUT2D eigenvalue weighted by Crippen LogP contribution is 2.33. The molecule has 1 fully saturated rings. The van der Waals surface area contributed by atoms with Crippen molar-refractivity contribution in [2.45, 2.75) is 13.8 Å². The first-order valence-electron chi connectivity index (χ1n) is 10.5. The predicted molar refractivity (Wildman–Crippen MR) is 125 cm³/mol. The Bertz CT molecular complexity index is 1110. The van der Waals surface area contributed by atoms with E-state index in [0.29, 0.717) is 22.8 Å². The van der Waals surface area contributed by atoms with E-state index in [1.165, 1.54) is 30.3 Å². The Hall–Kier alpha value is -3.81. The lowest BCUT2D eigenvalue weighted by Gasteiger charge is -2.38. The Morgan fingerprint density at radius 1 is 0.969 bits per heavy atom. The van der Waals surface area contributed by atoms with Gasteiger partial charge in [0.15, 0.2) is 5.82 Å². The number of anilines is 3. The van der Waals surface area contributed by atoms with Crippen LogP contribution in [0.3, 0.4) is 0 Å². The summed E-state index contributed by atoms with van der Waals surface area (Å²) in [6.45, 7) is 7.64. The van der Waals surface area contributed by atoms with Crippen LogP contribution in [0.1, 0.15) is 21.5 Å². The van der Waals surface area contributed by atoms with E-state index < -0.39 is 5.97 Å². The van der Waals surface area contributed by atoms with E-state index in [0.717, 1.165) is 26.2 Å². The Morgan fingerprint density at radius 2 is 1.66 bits per heavy atom. The quantitative estimate of drug-likeness (QED) is 0.610. The van der Waals surface area contributed by atoms with Crippen LogP contribution in [0.25, 0.3) is 0 Å². The van der Waals surface area contributed by atoms with Crippen molar-refractivity contribution in [3.63, 3.8) is 0 Å². The monoisotopic (exact) mass is 433 g/mol. The third kappa shape index (κ3) is 4.30. The maximum absolute atomic E-state index is 11.6. The molecule has 166 valence electrons. The smallest absolute Gasteiger partial charge is 0.337 e. The SMILES string of the molecule is COC(=O)c1ccc(Oc2ncnc(N3CCN(c4cccc(C)c4C)CC3)c2N)cc1. The molecule has 2 heterocycles. The maximum Gasteiger partial charge on any atom is 0.337 e. The van der Waals surface area contributed by atoms with Crippen LogP contribution in [-0.2, 0) is 4.74 Å². The van der Waals surface area contributed by atoms with Crippen molar-refractivity contribution in [1.29, 1.82) is 0 Å². The summed E-state index contributed by atoms with van der Waals surface area (Å²) in [6.07, 6.45) is 1.46. The van der Waals surface area contributed by atoms with Crippen LogP contribution in [0.15, 0.2) is 48.8 Å². The number of ether oxygens (including phenoxy) is 2. The molecule has 0 unspecified atom stereocenters. The summed E-state index contributed by atoms with van der Waals surface area (Å²) in [7, 11) is 1.34. The normalized spacial score (nSPS) is 13.7. The maximum atomic E-state index is 11.6. The van der Waals surface area contributed by atoms with Crippen LogP contribution in [0.4, 0.5) is 17.2 Å². The van der Waals surface area contributed by atoms with Gasteiger partial charge in [0, 0.05) is 31.9 Å². The minimum Gasteiger partial charge on any atom is -0.465 e. The first kappa shape index (κ1) is 21.4. The molecule has 0 radical (unpaired) electrons. The fourth-order valence-electron chi connectivity index (χ4n) is 3.83. The Labute approximate surface area is 187 Å². The summed E-state index contributed by atoms with van der Waals surface area (Å²) in [6, 6.07) is 13.0. The molecule has 0 spiro atoms. The number of aryl methyl sites for hydroxylation is 1. The van der Waals surface area contributed by atoms with Gasteiger partial charge in [0.2, 0.25) is 5.88 Å². The van der Waals surface area contributed by atoms with Crippen LogP contribution in [0, 0.1) is 13.8 Å². The molecule has 2 aromatic carbocycles. The molecule has 1 aliphatic rings. The summed E-state index contributed by atoms with van der Waals surface area (Å²) >= 11 is 0. The van der Waals surface area contributed by atoms with Gasteiger partial charge in [0.1, 0.15) is 17.8 Å². The summed E-state index contributed by atoms with van der Waals surface area (Å²) in [5.74, 6) is 1.08. The number of carbonyl (C=O) groups is 1. The lowest BCUT2D eigenvalue weighted by atomic mass is 10.1. The molecular weight excluding hydrogens is 406 g/mol. The number of carbonyl (C=O) groups excluding carboxylic acids is 1. The van der Waals surface area contributed by atoms with Crippen molar-refractivity contribution in [2.24, 2.45) is 0 Å². The number of esters is 1. The van der Waals surface area contributed by atoms with Crippen molar-refractivity contribution in [2.75, 3.05) is 48.8 Å². The Balaban J connectivity index is 1.46. The van der Waals surface area contributed by atoms with Crippen molar-refractivity contribution in [1.82, 2.24) is 9.97 Å². The lowest BCUT2D eigenvalue weighted by Crippen LogP contribution is -2.47. The topological polar surface area (TPSA) is 93.8 Å². The molecule has 0 bridgehead atoms. The van der Waals surface area contributed by atoms with E-state index in [4.69, 9.17) is 15.2 Å². The van der Waals surface area contributed by atoms with Gasteiger partial charge in [-0.15, -0.1) is 0 Å². The molecule has 1 aliphatic heterocycles. The van der Waals surface area contributed by atoms with Crippen molar-refractivity contribution in [3.8, 4) is 11.6 Å². The summed E-state index contributed by atoms with van der Waals surface area (Å²) in [5, 5.41) is 0. The summed E-state index contributed by atoms with van der Waals surface area (Å²) < 4.78 is 10.6. The summed E-state index contributed by atoms with van der Waals surface area (Å²) in [5.41, 5.74) is 11.1. The molecule has 0 saturated carbocycles. The fraction of sp³-hybridized carbons (Fsp3) is 0.292. The second-order valence-electron chi connectivity index (χ2n) is 7.73. The van der Waals surface area contributed by atoms with Crippen molar-refractivity contribution in [3.05, 3.63) is 65.5 Å². The Kier molecular flexibility index (Phi) is 6.11. The molecule has 32 heavy (non-hydrogen) atoms. The fourth-order valence-corrected chi connectivity index (χ4v) is 3.83. The minimum absolute atomic E-state index is 0.290. The number of benzene rings is 2. The molecule has 0 aliphatic carbocycles.